The van der Waals surface area contributed by atoms with Crippen LogP contribution in [0, 0.1) is 13.8 Å². The van der Waals surface area contributed by atoms with Gasteiger partial charge in [0.15, 0.2) is 4.30 Å². The molecule has 1 rings (SSSR count). The van der Waals surface area contributed by atoms with Gasteiger partial charge in [0.2, 0.25) is 0 Å². The molecule has 0 aromatic heterocycles. The number of aliphatic hydroxyl groups is 1. The lowest BCUT2D eigenvalue weighted by molar-refractivity contribution is -0.352. The third kappa shape index (κ3) is 10.4. The van der Waals surface area contributed by atoms with E-state index in [-0.39, 0.29) is 0 Å². The number of hydrogen-bond acceptors (Lipinski definition) is 1. The standard InChI is InChI=1S/C8H10.C3H2F6O.CHCl3/c1-7-5-3-4-6-8(7)2;4-1(5)2(6,10)3(7,8)9;2-1(3)4/h3-6H,1-2H3;1,10H;1H. The van der Waals surface area contributed by atoms with Crippen LogP contribution >= 0.6 is 34.8 Å². The molecule has 1 atom stereocenters. The van der Waals surface area contributed by atoms with Crippen LogP contribution in [-0.4, -0.2) is 27.9 Å². The smallest absolute Gasteiger partial charge is 0.350 e. The van der Waals surface area contributed by atoms with Gasteiger partial charge in [-0.3, -0.25) is 0 Å². The Morgan fingerprint density at radius 1 is 0.909 bits per heavy atom. The summed E-state index contributed by atoms with van der Waals surface area (Å²) in [7, 11) is 0. The molecule has 0 aliphatic heterocycles. The van der Waals surface area contributed by atoms with E-state index in [1.54, 1.807) is 0 Å². The Morgan fingerprint density at radius 2 is 1.18 bits per heavy atom. The minimum absolute atomic E-state index is 0.750. The minimum atomic E-state index is -5.94. The van der Waals surface area contributed by atoms with Gasteiger partial charge in [0, 0.05) is 0 Å². The van der Waals surface area contributed by atoms with Crippen molar-refractivity contribution in [3.63, 3.8) is 0 Å². The fraction of sp³-hybridized carbons (Fsp3) is 0.500. The molecule has 0 aliphatic carbocycles. The molecule has 0 spiro atoms. The highest BCUT2D eigenvalue weighted by molar-refractivity contribution is 6.63. The molecule has 1 nitrogen and oxygen atoms in total. The van der Waals surface area contributed by atoms with Crippen LogP contribution in [-0.2, 0) is 0 Å². The van der Waals surface area contributed by atoms with Crippen LogP contribution in [0.3, 0.4) is 0 Å². The van der Waals surface area contributed by atoms with E-state index in [0.717, 1.165) is 0 Å². The number of aryl methyl sites for hydroxylation is 2. The molecule has 22 heavy (non-hydrogen) atoms. The molecule has 0 bridgehead atoms. The number of benzene rings is 1. The number of rotatable bonds is 1. The summed E-state index contributed by atoms with van der Waals surface area (Å²) in [5.41, 5.74) is 2.74. The molecule has 0 saturated heterocycles. The monoisotopic (exact) mass is 392 g/mol. The topological polar surface area (TPSA) is 20.2 Å². The summed E-state index contributed by atoms with van der Waals surface area (Å²) in [5, 5.41) is 7.39. The Bertz CT molecular complexity index is 400. The molecule has 0 fully saturated rings. The average Bonchev–Trinajstić information content (AvgIpc) is 2.31. The molecule has 10 heteroatoms. The molecular formula is C12H13Cl3F6O. The van der Waals surface area contributed by atoms with Gasteiger partial charge < -0.3 is 5.11 Å². The Balaban J connectivity index is 0. The number of halogens is 9. The lowest BCUT2D eigenvalue weighted by Crippen LogP contribution is -2.47. The van der Waals surface area contributed by atoms with Crippen molar-refractivity contribution in [2.24, 2.45) is 0 Å². The fourth-order valence-corrected chi connectivity index (χ4v) is 0.786. The van der Waals surface area contributed by atoms with Crippen molar-refractivity contribution < 1.29 is 31.4 Å². The molecular weight excluding hydrogens is 380 g/mol. The van der Waals surface area contributed by atoms with Crippen LogP contribution in [0.2, 0.25) is 0 Å². The zero-order chi connectivity index (χ0) is 18.1. The highest BCUT2D eigenvalue weighted by Gasteiger charge is 2.62. The molecule has 0 heterocycles. The van der Waals surface area contributed by atoms with E-state index in [9.17, 15) is 26.3 Å². The lowest BCUT2D eigenvalue weighted by atomic mass is 10.1. The van der Waals surface area contributed by atoms with Crippen LogP contribution in [0.4, 0.5) is 26.3 Å². The Kier molecular flexibility index (Phi) is 11.3. The second-order valence-corrected chi connectivity index (χ2v) is 5.78. The van der Waals surface area contributed by atoms with E-state index in [1.165, 1.54) is 11.1 Å². The average molecular weight is 394 g/mol. The van der Waals surface area contributed by atoms with Gasteiger partial charge in [-0.1, -0.05) is 59.1 Å². The predicted octanol–water partition coefficient (Wildman–Crippen LogP) is 5.76. The van der Waals surface area contributed by atoms with Gasteiger partial charge >= 0.3 is 18.5 Å². The SMILES string of the molecule is Cc1ccccc1C.ClC(Cl)Cl.OC(F)(C(F)F)C(F)(F)F. The summed E-state index contributed by atoms with van der Waals surface area (Å²) < 4.78 is 65.5. The Morgan fingerprint density at radius 3 is 1.27 bits per heavy atom. The first-order chi connectivity index (χ1) is 9.73. The minimum Gasteiger partial charge on any atom is -0.350 e. The summed E-state index contributed by atoms with van der Waals surface area (Å²) in [4.78, 5) is 0. The summed E-state index contributed by atoms with van der Waals surface area (Å²) in [6, 6.07) is 8.36. The van der Waals surface area contributed by atoms with E-state index in [2.05, 4.69) is 38.1 Å². The summed E-state index contributed by atoms with van der Waals surface area (Å²) in [6.07, 6.45) is -10.4. The van der Waals surface area contributed by atoms with Crippen LogP contribution in [0.5, 0.6) is 0 Å². The second-order valence-electron chi connectivity index (χ2n) is 3.80. The maximum atomic E-state index is 11.4. The summed E-state index contributed by atoms with van der Waals surface area (Å²) >= 11 is 14.4. The van der Waals surface area contributed by atoms with Crippen LogP contribution < -0.4 is 0 Å². The maximum Gasteiger partial charge on any atom is 0.454 e. The van der Waals surface area contributed by atoms with Gasteiger partial charge in [0.05, 0.1) is 0 Å². The molecule has 0 aliphatic rings. The van der Waals surface area contributed by atoms with Crippen molar-refractivity contribution in [1.29, 1.82) is 0 Å². The van der Waals surface area contributed by atoms with Gasteiger partial charge in [-0.25, -0.2) is 8.78 Å². The van der Waals surface area contributed by atoms with Gasteiger partial charge in [0.25, 0.3) is 0 Å². The molecule has 1 N–H and O–H groups in total. The zero-order valence-corrected chi connectivity index (χ0v) is 13.6. The van der Waals surface area contributed by atoms with Gasteiger partial charge in [-0.2, -0.15) is 17.6 Å². The van der Waals surface area contributed by atoms with E-state index in [0.29, 0.717) is 0 Å². The second kappa shape index (κ2) is 10.4. The van der Waals surface area contributed by atoms with Crippen molar-refractivity contribution in [3.8, 4) is 0 Å². The first kappa shape index (κ1) is 23.9. The predicted molar refractivity (Wildman–Crippen MR) is 75.4 cm³/mol. The van der Waals surface area contributed by atoms with Gasteiger partial charge in [0.1, 0.15) is 0 Å². The van der Waals surface area contributed by atoms with Crippen LogP contribution in [0.1, 0.15) is 11.1 Å². The highest BCUT2D eigenvalue weighted by atomic mass is 35.6. The van der Waals surface area contributed by atoms with Crippen molar-refractivity contribution in [2.45, 2.75) is 36.6 Å². The summed E-state index contributed by atoms with van der Waals surface area (Å²) in [5.74, 6) is -5.40. The molecule has 1 aromatic carbocycles. The van der Waals surface area contributed by atoms with E-state index in [1.807, 2.05) is 0 Å². The Hall–Kier alpha value is -0.370. The lowest BCUT2D eigenvalue weighted by Gasteiger charge is -2.20. The van der Waals surface area contributed by atoms with E-state index >= 15 is 0 Å². The number of alkyl halides is 9. The van der Waals surface area contributed by atoms with Crippen molar-refractivity contribution in [1.82, 2.24) is 0 Å². The quantitative estimate of drug-likeness (QED) is 0.475. The van der Waals surface area contributed by atoms with Crippen LogP contribution in [0.25, 0.3) is 0 Å². The molecule has 0 saturated carbocycles. The van der Waals surface area contributed by atoms with Gasteiger partial charge in [-0.05, 0) is 25.0 Å². The van der Waals surface area contributed by atoms with E-state index < -0.39 is 22.8 Å². The van der Waals surface area contributed by atoms with E-state index in [4.69, 9.17) is 39.9 Å². The summed E-state index contributed by atoms with van der Waals surface area (Å²) in [6.45, 7) is 4.24. The fourth-order valence-electron chi connectivity index (χ4n) is 0.786. The molecule has 0 radical (unpaired) electrons. The first-order valence-electron chi connectivity index (χ1n) is 5.44. The highest BCUT2D eigenvalue weighted by Crippen LogP contribution is 2.36. The zero-order valence-electron chi connectivity index (χ0n) is 11.3. The van der Waals surface area contributed by atoms with Crippen molar-refractivity contribution >= 4 is 34.8 Å². The van der Waals surface area contributed by atoms with Gasteiger partial charge in [-0.15, -0.1) is 0 Å². The van der Waals surface area contributed by atoms with Crippen molar-refractivity contribution in [3.05, 3.63) is 35.4 Å². The molecule has 0 amide bonds. The normalized spacial score (nSPS) is 13.7. The molecule has 130 valence electrons. The third-order valence-corrected chi connectivity index (χ3v) is 2.11. The third-order valence-electron chi connectivity index (χ3n) is 2.11. The first-order valence-corrected chi connectivity index (χ1v) is 6.75. The maximum absolute atomic E-state index is 11.4. The number of hydrogen-bond donors (Lipinski definition) is 1. The van der Waals surface area contributed by atoms with Crippen LogP contribution in [0.15, 0.2) is 24.3 Å². The Labute approximate surface area is 138 Å². The largest absolute Gasteiger partial charge is 0.454 e. The molecule has 1 unspecified atom stereocenters. The molecule has 1 aromatic rings. The van der Waals surface area contributed by atoms with Crippen molar-refractivity contribution in [2.75, 3.05) is 0 Å².